The van der Waals surface area contributed by atoms with Gasteiger partial charge in [-0.05, 0) is 69.8 Å². The van der Waals surface area contributed by atoms with Crippen molar-refractivity contribution < 1.29 is 38.7 Å². The zero-order chi connectivity index (χ0) is 47.8. The molecule has 0 fully saturated rings. The number of carboxylic acids is 1. The molecule has 68 heavy (non-hydrogen) atoms. The molecule has 5 aromatic carbocycles. The average Bonchev–Trinajstić information content (AvgIpc) is 3.87. The Hall–Kier alpha value is -7.71. The molecule has 2 aliphatic rings. The minimum absolute atomic E-state index is 0.00105. The molecule has 1 aromatic heterocycles. The molecule has 2 bridgehead atoms. The van der Waals surface area contributed by atoms with E-state index < -0.39 is 71.4 Å². The van der Waals surface area contributed by atoms with E-state index in [1.165, 1.54) is 11.3 Å². The Labute approximate surface area is 398 Å². The summed E-state index contributed by atoms with van der Waals surface area (Å²) in [4.78, 5) is 98.0. The van der Waals surface area contributed by atoms with Crippen molar-refractivity contribution in [3.8, 4) is 11.1 Å². The van der Waals surface area contributed by atoms with Crippen molar-refractivity contribution in [1.29, 1.82) is 0 Å². The lowest BCUT2D eigenvalue weighted by molar-refractivity contribution is -0.142. The Kier molecular flexibility index (Phi) is 16.8. The van der Waals surface area contributed by atoms with Crippen LogP contribution < -0.4 is 26.6 Å². The lowest BCUT2D eigenvalue weighted by atomic mass is 9.89. The van der Waals surface area contributed by atoms with Crippen LogP contribution in [-0.4, -0.2) is 70.6 Å². The summed E-state index contributed by atoms with van der Waals surface area (Å²) < 4.78 is 0. The van der Waals surface area contributed by atoms with Gasteiger partial charge in [-0.15, -0.1) is 11.3 Å². The van der Waals surface area contributed by atoms with Gasteiger partial charge in [-0.2, -0.15) is 0 Å². The fourth-order valence-corrected chi connectivity index (χ4v) is 8.85. The number of carbonyl (C=O) groups is 7. The summed E-state index contributed by atoms with van der Waals surface area (Å²) in [6, 6.07) is 40.7. The minimum atomic E-state index is -1.31. The highest BCUT2D eigenvalue weighted by atomic mass is 32.1. The summed E-state index contributed by atoms with van der Waals surface area (Å²) in [5.74, 6) is -5.79. The molecule has 13 nitrogen and oxygen atoms in total. The first kappa shape index (κ1) is 48.2. The summed E-state index contributed by atoms with van der Waals surface area (Å²) in [5.41, 5.74) is 5.11. The number of thiophene rings is 1. The maximum absolute atomic E-state index is 14.8. The molecule has 0 radical (unpaired) electrons. The first-order valence-corrected chi connectivity index (χ1v) is 23.4. The Balaban J connectivity index is 1.23. The van der Waals surface area contributed by atoms with Crippen LogP contribution >= 0.6 is 11.3 Å². The summed E-state index contributed by atoms with van der Waals surface area (Å²) in [6.07, 6.45) is -0.614. The first-order chi connectivity index (χ1) is 32.9. The lowest BCUT2D eigenvalue weighted by Crippen LogP contribution is -2.57. The van der Waals surface area contributed by atoms with E-state index in [2.05, 4.69) is 26.6 Å². The average molecular weight is 932 g/mol. The normalized spacial score (nSPS) is 19.0. The third-order valence-corrected chi connectivity index (χ3v) is 12.7. The minimum Gasteiger partial charge on any atom is -0.480 e. The summed E-state index contributed by atoms with van der Waals surface area (Å²) in [6.45, 7) is 0. The largest absolute Gasteiger partial charge is 0.480 e. The number of amides is 5. The number of anilines is 1. The second-order valence-electron chi connectivity index (χ2n) is 16.9. The fourth-order valence-electron chi connectivity index (χ4n) is 8.10. The number of carbonyl (C=O) groups excluding carboxylic acids is 6. The molecule has 348 valence electrons. The van der Waals surface area contributed by atoms with E-state index in [-0.39, 0.29) is 51.4 Å². The second kappa shape index (κ2) is 23.7. The molecule has 5 amide bonds. The number of rotatable bonds is 12. The van der Waals surface area contributed by atoms with Crippen molar-refractivity contribution in [3.05, 3.63) is 184 Å². The van der Waals surface area contributed by atoms with Crippen LogP contribution in [0.4, 0.5) is 5.69 Å². The van der Waals surface area contributed by atoms with Crippen molar-refractivity contribution in [3.63, 3.8) is 0 Å². The van der Waals surface area contributed by atoms with Gasteiger partial charge in [0.1, 0.15) is 18.1 Å². The molecular weight excluding hydrogens is 879 g/mol. The number of ketones is 1. The topological polar surface area (TPSA) is 200 Å². The van der Waals surface area contributed by atoms with Gasteiger partial charge in [0.2, 0.25) is 29.5 Å². The molecule has 6 N–H and O–H groups in total. The van der Waals surface area contributed by atoms with E-state index in [0.29, 0.717) is 22.4 Å². The van der Waals surface area contributed by atoms with Crippen LogP contribution in [0.1, 0.15) is 46.4 Å². The SMILES string of the molecule is O=C1CCC(=O)N[C@H](Cc2cccs2)C(=O)N[C@@H](Cc2ccc(-c3ccccc3)cc2)C(=O)N[C@H](Cc2ccccc2)C(=O)C[C@H](C(=O)N[C@@H](Cc2ccccc2)C(=O)O)Cc2ccc(cc2)N1. The van der Waals surface area contributed by atoms with Gasteiger partial charge in [0.25, 0.3) is 0 Å². The van der Waals surface area contributed by atoms with Crippen LogP contribution in [0.3, 0.4) is 0 Å². The molecule has 5 atom stereocenters. The van der Waals surface area contributed by atoms with E-state index in [4.69, 9.17) is 0 Å². The van der Waals surface area contributed by atoms with Gasteiger partial charge in [0, 0.05) is 55.0 Å². The maximum atomic E-state index is 14.8. The molecule has 8 rings (SSSR count). The molecule has 14 heteroatoms. The monoisotopic (exact) mass is 931 g/mol. The number of hydrogen-bond donors (Lipinski definition) is 6. The van der Waals surface area contributed by atoms with E-state index in [1.807, 2.05) is 90.3 Å². The molecule has 6 aromatic rings. The van der Waals surface area contributed by atoms with Gasteiger partial charge in [0.15, 0.2) is 5.78 Å². The highest BCUT2D eigenvalue weighted by Gasteiger charge is 2.34. The summed E-state index contributed by atoms with van der Waals surface area (Å²) >= 11 is 1.40. The number of benzene rings is 5. The zero-order valence-electron chi connectivity index (χ0n) is 37.3. The second-order valence-corrected chi connectivity index (χ2v) is 17.9. The van der Waals surface area contributed by atoms with Gasteiger partial charge in [0.05, 0.1) is 6.04 Å². The Morgan fingerprint density at radius 3 is 1.76 bits per heavy atom. The van der Waals surface area contributed by atoms with E-state index >= 15 is 0 Å². The zero-order valence-corrected chi connectivity index (χ0v) is 38.1. The number of carboxylic acid groups (broad SMARTS) is 1. The van der Waals surface area contributed by atoms with Crippen molar-refractivity contribution in [1.82, 2.24) is 21.3 Å². The summed E-state index contributed by atoms with van der Waals surface area (Å²) in [5, 5.41) is 26.1. The van der Waals surface area contributed by atoms with Crippen LogP contribution in [0.2, 0.25) is 0 Å². The molecule has 2 aliphatic heterocycles. The maximum Gasteiger partial charge on any atom is 0.326 e. The Bertz CT molecular complexity index is 2660. The first-order valence-electron chi connectivity index (χ1n) is 22.5. The predicted octanol–water partition coefficient (Wildman–Crippen LogP) is 6.26. The van der Waals surface area contributed by atoms with Gasteiger partial charge < -0.3 is 31.7 Å². The van der Waals surface area contributed by atoms with Gasteiger partial charge >= 0.3 is 5.97 Å². The number of fused-ring (bicyclic) bond motifs is 18. The third-order valence-electron chi connectivity index (χ3n) is 11.8. The van der Waals surface area contributed by atoms with Crippen LogP contribution in [0.25, 0.3) is 11.1 Å². The van der Waals surface area contributed by atoms with Crippen molar-refractivity contribution in [2.75, 3.05) is 5.32 Å². The lowest BCUT2D eigenvalue weighted by Gasteiger charge is -2.27. The Morgan fingerprint density at radius 2 is 1.13 bits per heavy atom. The fraction of sp³-hybridized carbons (Fsp3) is 0.241. The van der Waals surface area contributed by atoms with Crippen LogP contribution in [0, 0.1) is 5.92 Å². The van der Waals surface area contributed by atoms with Crippen LogP contribution in [0.5, 0.6) is 0 Å². The molecule has 0 unspecified atom stereocenters. The molecular formula is C54H53N5O8S. The van der Waals surface area contributed by atoms with E-state index in [9.17, 15) is 38.7 Å². The predicted molar refractivity (Wildman–Crippen MR) is 260 cm³/mol. The number of nitrogens with one attached hydrogen (secondary N) is 5. The van der Waals surface area contributed by atoms with Gasteiger partial charge in [-0.1, -0.05) is 133 Å². The quantitative estimate of drug-likeness (QED) is 0.0773. The van der Waals surface area contributed by atoms with Crippen molar-refractivity contribution in [2.24, 2.45) is 5.92 Å². The molecule has 3 heterocycles. The van der Waals surface area contributed by atoms with Crippen molar-refractivity contribution in [2.45, 2.75) is 75.5 Å². The number of Topliss-reactive ketones (excluding diaryl/α,β-unsaturated/α-hetero) is 1. The number of hydrogen-bond acceptors (Lipinski definition) is 8. The highest BCUT2D eigenvalue weighted by Crippen LogP contribution is 2.22. The highest BCUT2D eigenvalue weighted by molar-refractivity contribution is 7.09. The van der Waals surface area contributed by atoms with E-state index in [0.717, 1.165) is 21.6 Å². The van der Waals surface area contributed by atoms with Crippen molar-refractivity contribution >= 4 is 58.3 Å². The van der Waals surface area contributed by atoms with Crippen LogP contribution in [0.15, 0.2) is 157 Å². The third kappa shape index (κ3) is 14.1. The number of aliphatic carboxylic acids is 1. The van der Waals surface area contributed by atoms with Crippen LogP contribution in [-0.2, 0) is 65.7 Å². The van der Waals surface area contributed by atoms with Gasteiger partial charge in [-0.25, -0.2) is 4.79 Å². The molecule has 0 saturated heterocycles. The summed E-state index contributed by atoms with van der Waals surface area (Å²) in [7, 11) is 0. The van der Waals surface area contributed by atoms with E-state index in [1.54, 1.807) is 66.7 Å². The van der Waals surface area contributed by atoms with Gasteiger partial charge in [-0.3, -0.25) is 28.8 Å². The standard InChI is InChI=1S/C54H53N5O8S/c60-48-33-41(51(63)59-47(54(66)67)32-36-13-6-2-7-14-36)29-37-20-24-42(25-21-37)55-49(61)26-27-50(62)56-46(34-43-17-10-28-68-43)53(65)58-45(52(64)57-44(48)30-35-11-4-1-5-12-35)31-38-18-22-40(23-19-38)39-15-8-3-9-16-39/h1-25,28,41,44-47H,26-27,29-34H2,(H,55,61)(H,56,62)(H,57,64)(H,58,65)(H,59,63)(H,66,67)/t41-,44-,45+,46-,47+/m1/s1. The molecule has 0 spiro atoms. The molecule has 0 saturated carbocycles. The molecule has 0 aliphatic carbocycles. The smallest absolute Gasteiger partial charge is 0.326 e. The Morgan fingerprint density at radius 1 is 0.574 bits per heavy atom.